The van der Waals surface area contributed by atoms with Crippen molar-refractivity contribution in [1.82, 2.24) is 4.90 Å². The molecular weight excluding hydrogens is 152 g/mol. The molecule has 0 rings (SSSR count). The van der Waals surface area contributed by atoms with Crippen molar-refractivity contribution >= 4 is 0 Å². The zero-order valence-corrected chi connectivity index (χ0v) is 7.18. The number of ether oxygens (including phenoxy) is 1. The molecule has 0 bridgehead atoms. The second-order valence-electron chi connectivity index (χ2n) is 2.18. The van der Waals surface area contributed by atoms with Gasteiger partial charge in [0.2, 0.25) is 0 Å². The second-order valence-corrected chi connectivity index (χ2v) is 2.18. The van der Waals surface area contributed by atoms with Crippen LogP contribution < -0.4 is 0 Å². The summed E-state index contributed by atoms with van der Waals surface area (Å²) in [5, 5.41) is 0. The number of halogens is 2. The van der Waals surface area contributed by atoms with Crippen LogP contribution in [0.1, 0.15) is 13.8 Å². The Balaban J connectivity index is 3.98. The van der Waals surface area contributed by atoms with Gasteiger partial charge in [-0.05, 0) is 13.1 Å². The van der Waals surface area contributed by atoms with Gasteiger partial charge in [0.25, 0.3) is 6.43 Å². The Hall–Kier alpha value is -0.220. The smallest absolute Gasteiger partial charge is 0.277 e. The van der Waals surface area contributed by atoms with Crippen LogP contribution in [-0.4, -0.2) is 37.8 Å². The molecule has 0 radical (unpaired) electrons. The third-order valence-electron chi connectivity index (χ3n) is 1.63. The first kappa shape index (κ1) is 10.8. The summed E-state index contributed by atoms with van der Waals surface area (Å²) in [6.07, 6.45) is -3.48. The monoisotopic (exact) mass is 167 g/mol. The van der Waals surface area contributed by atoms with Gasteiger partial charge in [-0.25, -0.2) is 8.78 Å². The Labute approximate surface area is 66.1 Å². The van der Waals surface area contributed by atoms with Crippen molar-refractivity contribution in [2.75, 3.05) is 20.2 Å². The van der Waals surface area contributed by atoms with Gasteiger partial charge in [0, 0.05) is 7.11 Å². The molecule has 4 heteroatoms. The lowest BCUT2D eigenvalue weighted by molar-refractivity contribution is -0.119. The zero-order valence-electron chi connectivity index (χ0n) is 7.18. The number of alkyl halides is 2. The molecule has 0 aliphatic carbocycles. The maximum absolute atomic E-state index is 12.2. The average Bonchev–Trinajstić information content (AvgIpc) is 1.99. The molecule has 0 saturated carbocycles. The average molecular weight is 167 g/mol. The van der Waals surface area contributed by atoms with Crippen LogP contribution in [0.2, 0.25) is 0 Å². The molecule has 2 nitrogen and oxygen atoms in total. The van der Waals surface area contributed by atoms with Gasteiger partial charge in [-0.2, -0.15) is 0 Å². The van der Waals surface area contributed by atoms with Crippen molar-refractivity contribution in [1.29, 1.82) is 0 Å². The first-order valence-corrected chi connectivity index (χ1v) is 3.72. The van der Waals surface area contributed by atoms with Gasteiger partial charge in [0.05, 0.1) is 0 Å². The molecule has 0 amide bonds. The molecule has 0 spiro atoms. The van der Waals surface area contributed by atoms with E-state index in [0.717, 1.165) is 0 Å². The van der Waals surface area contributed by atoms with Gasteiger partial charge in [-0.1, -0.05) is 13.8 Å². The highest BCUT2D eigenvalue weighted by Gasteiger charge is 2.24. The quantitative estimate of drug-likeness (QED) is 0.576. The summed E-state index contributed by atoms with van der Waals surface area (Å²) in [6, 6.07) is 0. The fourth-order valence-corrected chi connectivity index (χ4v) is 0.995. The Morgan fingerprint density at radius 3 is 1.82 bits per heavy atom. The third kappa shape index (κ3) is 3.12. The zero-order chi connectivity index (χ0) is 8.85. The minimum Gasteiger partial charge on any atom is -0.360 e. The summed E-state index contributed by atoms with van der Waals surface area (Å²) >= 11 is 0. The fourth-order valence-electron chi connectivity index (χ4n) is 0.995. The normalized spacial score (nSPS) is 14.5. The maximum Gasteiger partial charge on any atom is 0.277 e. The van der Waals surface area contributed by atoms with Gasteiger partial charge in [-0.3, -0.25) is 4.90 Å². The summed E-state index contributed by atoms with van der Waals surface area (Å²) in [5.74, 6) is 0. The van der Waals surface area contributed by atoms with Crippen LogP contribution in [0.4, 0.5) is 8.78 Å². The number of hydrogen-bond donors (Lipinski definition) is 0. The van der Waals surface area contributed by atoms with Crippen LogP contribution in [0.25, 0.3) is 0 Å². The summed E-state index contributed by atoms with van der Waals surface area (Å²) in [4.78, 5) is 1.57. The first-order valence-electron chi connectivity index (χ1n) is 3.72. The molecule has 1 atom stereocenters. The topological polar surface area (TPSA) is 12.5 Å². The molecule has 68 valence electrons. The van der Waals surface area contributed by atoms with E-state index in [2.05, 4.69) is 4.74 Å². The lowest BCUT2D eigenvalue weighted by Crippen LogP contribution is -2.41. The fraction of sp³-hybridized carbons (Fsp3) is 1.00. The molecule has 0 aromatic carbocycles. The molecule has 0 aromatic heterocycles. The van der Waals surface area contributed by atoms with Gasteiger partial charge >= 0.3 is 0 Å². The predicted octanol–water partition coefficient (Wildman–Crippen LogP) is 1.57. The van der Waals surface area contributed by atoms with Crippen molar-refractivity contribution < 1.29 is 13.5 Å². The first-order chi connectivity index (χ1) is 5.17. The van der Waals surface area contributed by atoms with Crippen molar-refractivity contribution in [2.24, 2.45) is 0 Å². The maximum atomic E-state index is 12.2. The van der Waals surface area contributed by atoms with Crippen molar-refractivity contribution in [2.45, 2.75) is 26.5 Å². The molecule has 0 heterocycles. The highest BCUT2D eigenvalue weighted by atomic mass is 19.3. The second kappa shape index (κ2) is 5.43. The van der Waals surface area contributed by atoms with E-state index in [0.29, 0.717) is 13.1 Å². The molecule has 0 N–H and O–H groups in total. The predicted molar refractivity (Wildman–Crippen MR) is 39.7 cm³/mol. The lowest BCUT2D eigenvalue weighted by Gasteiger charge is -2.27. The van der Waals surface area contributed by atoms with Gasteiger partial charge in [-0.15, -0.1) is 0 Å². The van der Waals surface area contributed by atoms with E-state index in [1.54, 1.807) is 4.90 Å². The molecule has 0 aromatic rings. The number of nitrogens with zero attached hydrogens (tertiary/aromatic N) is 1. The van der Waals surface area contributed by atoms with Crippen LogP contribution in [0, 0.1) is 0 Å². The van der Waals surface area contributed by atoms with Crippen molar-refractivity contribution in [3.63, 3.8) is 0 Å². The number of hydrogen-bond acceptors (Lipinski definition) is 2. The van der Waals surface area contributed by atoms with Gasteiger partial charge in [0.15, 0.2) is 6.23 Å². The lowest BCUT2D eigenvalue weighted by atomic mass is 10.4. The van der Waals surface area contributed by atoms with Crippen LogP contribution in [-0.2, 0) is 4.74 Å². The van der Waals surface area contributed by atoms with E-state index in [1.807, 2.05) is 13.8 Å². The van der Waals surface area contributed by atoms with E-state index >= 15 is 0 Å². The van der Waals surface area contributed by atoms with Crippen molar-refractivity contribution in [3.05, 3.63) is 0 Å². The largest absolute Gasteiger partial charge is 0.360 e. The van der Waals surface area contributed by atoms with E-state index in [9.17, 15) is 8.78 Å². The SMILES string of the molecule is CCN(CC)C(OC)C(F)F. The van der Waals surface area contributed by atoms with E-state index < -0.39 is 12.7 Å². The van der Waals surface area contributed by atoms with Gasteiger partial charge in [0.1, 0.15) is 0 Å². The van der Waals surface area contributed by atoms with Crippen LogP contribution in [0.3, 0.4) is 0 Å². The molecule has 11 heavy (non-hydrogen) atoms. The van der Waals surface area contributed by atoms with Crippen LogP contribution in [0.15, 0.2) is 0 Å². The Morgan fingerprint density at radius 1 is 1.27 bits per heavy atom. The van der Waals surface area contributed by atoms with E-state index in [1.165, 1.54) is 7.11 Å². The van der Waals surface area contributed by atoms with E-state index in [4.69, 9.17) is 0 Å². The third-order valence-corrected chi connectivity index (χ3v) is 1.63. The number of rotatable bonds is 5. The summed E-state index contributed by atoms with van der Waals surface area (Å²) < 4.78 is 28.9. The van der Waals surface area contributed by atoms with Crippen LogP contribution in [0.5, 0.6) is 0 Å². The molecule has 0 aliphatic heterocycles. The molecule has 0 fully saturated rings. The minimum absolute atomic E-state index is 0.583. The van der Waals surface area contributed by atoms with Crippen LogP contribution >= 0.6 is 0 Å². The molecule has 1 unspecified atom stereocenters. The minimum atomic E-state index is -2.43. The molecule has 0 saturated heterocycles. The highest BCUT2D eigenvalue weighted by Crippen LogP contribution is 2.09. The molecular formula is C7H15F2NO. The van der Waals surface area contributed by atoms with Gasteiger partial charge < -0.3 is 4.74 Å². The molecule has 0 aliphatic rings. The highest BCUT2D eigenvalue weighted by molar-refractivity contribution is 4.61. The summed E-state index contributed by atoms with van der Waals surface area (Å²) in [6.45, 7) is 4.83. The Bertz CT molecular complexity index is 96.4. The van der Waals surface area contributed by atoms with Crippen molar-refractivity contribution in [3.8, 4) is 0 Å². The standard InChI is InChI=1S/C7H15F2NO/c1-4-10(5-2)7(11-3)6(8)9/h6-7H,4-5H2,1-3H3. The number of methoxy groups -OCH3 is 1. The summed E-state index contributed by atoms with van der Waals surface area (Å²) in [7, 11) is 1.30. The Morgan fingerprint density at radius 2 is 1.73 bits per heavy atom. The summed E-state index contributed by atoms with van der Waals surface area (Å²) in [5.41, 5.74) is 0. The van der Waals surface area contributed by atoms with E-state index in [-0.39, 0.29) is 0 Å². The Kier molecular flexibility index (Phi) is 5.32.